The lowest BCUT2D eigenvalue weighted by Crippen LogP contribution is -2.31. The number of aryl methyl sites for hydroxylation is 2. The highest BCUT2D eigenvalue weighted by molar-refractivity contribution is 5.38. The van der Waals surface area contributed by atoms with E-state index in [1.165, 1.54) is 5.56 Å². The molecule has 0 amide bonds. The molecule has 1 aromatic carbocycles. The third-order valence-corrected chi connectivity index (χ3v) is 4.89. The second-order valence-corrected chi connectivity index (χ2v) is 7.59. The van der Waals surface area contributed by atoms with Gasteiger partial charge >= 0.3 is 0 Å². The van der Waals surface area contributed by atoms with E-state index in [9.17, 15) is 5.11 Å². The fourth-order valence-corrected chi connectivity index (χ4v) is 3.25. The van der Waals surface area contributed by atoms with Crippen LogP contribution in [0.25, 0.3) is 5.82 Å². The third-order valence-electron chi connectivity index (χ3n) is 4.89. The highest BCUT2D eigenvalue weighted by atomic mass is 16.3. The summed E-state index contributed by atoms with van der Waals surface area (Å²) in [5, 5.41) is 17.7. The van der Waals surface area contributed by atoms with E-state index in [0.29, 0.717) is 18.2 Å². The highest BCUT2D eigenvalue weighted by Crippen LogP contribution is 2.35. The summed E-state index contributed by atoms with van der Waals surface area (Å²) in [6, 6.07) is 12.3. The van der Waals surface area contributed by atoms with Crippen LogP contribution in [0.15, 0.2) is 48.8 Å². The van der Waals surface area contributed by atoms with Crippen LogP contribution >= 0.6 is 0 Å². The van der Waals surface area contributed by atoms with Crippen molar-refractivity contribution < 1.29 is 5.11 Å². The van der Waals surface area contributed by atoms with Crippen LogP contribution in [-0.2, 0) is 0 Å². The van der Waals surface area contributed by atoms with Gasteiger partial charge in [0.1, 0.15) is 5.82 Å². The Kier molecular flexibility index (Phi) is 5.56. The van der Waals surface area contributed by atoms with Crippen molar-refractivity contribution in [1.29, 1.82) is 0 Å². The average molecular weight is 365 g/mol. The van der Waals surface area contributed by atoms with Gasteiger partial charge in [0.15, 0.2) is 5.82 Å². The molecule has 0 aliphatic heterocycles. The Balaban J connectivity index is 1.82. The molecule has 3 aromatic rings. The Morgan fingerprint density at radius 1 is 1.15 bits per heavy atom. The number of nitrogens with one attached hydrogen (secondary N) is 1. The summed E-state index contributed by atoms with van der Waals surface area (Å²) in [5.74, 6) is 1.50. The quantitative estimate of drug-likeness (QED) is 0.670. The number of nitrogens with zero attached hydrogens (tertiary/aromatic N) is 4. The van der Waals surface area contributed by atoms with Crippen molar-refractivity contribution in [3.63, 3.8) is 0 Å². The van der Waals surface area contributed by atoms with Crippen molar-refractivity contribution in [3.8, 4) is 5.82 Å². The number of benzene rings is 1. The Morgan fingerprint density at radius 3 is 2.52 bits per heavy atom. The maximum Gasteiger partial charge on any atom is 0.174 e. The molecule has 2 heterocycles. The minimum Gasteiger partial charge on any atom is -0.396 e. The molecule has 0 saturated carbocycles. The van der Waals surface area contributed by atoms with Gasteiger partial charge in [0.2, 0.25) is 0 Å². The van der Waals surface area contributed by atoms with Gasteiger partial charge in [0.05, 0.1) is 18.1 Å². The van der Waals surface area contributed by atoms with E-state index in [2.05, 4.69) is 46.4 Å². The fraction of sp³-hybridized carbons (Fsp3) is 0.381. The first kappa shape index (κ1) is 19.0. The van der Waals surface area contributed by atoms with Crippen LogP contribution in [0, 0.1) is 19.3 Å². The standard InChI is InChI=1S/C21H27N5O/c1-15-10-16(2)26(25-15)20-13-22-12-19(24-20)23-11-18(21(3,4)14-27)17-8-6-5-7-9-17/h5-10,12-13,18,27H,11,14H2,1-4H3,(H,23,24). The van der Waals surface area contributed by atoms with E-state index in [1.807, 2.05) is 38.1 Å². The molecule has 0 radical (unpaired) electrons. The van der Waals surface area contributed by atoms with Crippen LogP contribution in [0.3, 0.4) is 0 Å². The lowest BCUT2D eigenvalue weighted by atomic mass is 9.75. The van der Waals surface area contributed by atoms with Crippen LogP contribution in [0.4, 0.5) is 5.82 Å². The molecule has 6 nitrogen and oxygen atoms in total. The van der Waals surface area contributed by atoms with Crippen molar-refractivity contribution in [3.05, 3.63) is 65.7 Å². The fourth-order valence-electron chi connectivity index (χ4n) is 3.25. The van der Waals surface area contributed by atoms with Crippen molar-refractivity contribution in [2.45, 2.75) is 33.6 Å². The summed E-state index contributed by atoms with van der Waals surface area (Å²) >= 11 is 0. The summed E-state index contributed by atoms with van der Waals surface area (Å²) in [6.45, 7) is 8.85. The van der Waals surface area contributed by atoms with Crippen molar-refractivity contribution in [2.24, 2.45) is 5.41 Å². The minimum atomic E-state index is -0.269. The van der Waals surface area contributed by atoms with Gasteiger partial charge in [-0.25, -0.2) is 9.67 Å². The van der Waals surface area contributed by atoms with Gasteiger partial charge in [-0.1, -0.05) is 44.2 Å². The molecule has 0 aliphatic rings. The van der Waals surface area contributed by atoms with Gasteiger partial charge in [0.25, 0.3) is 0 Å². The monoisotopic (exact) mass is 365 g/mol. The minimum absolute atomic E-state index is 0.103. The lowest BCUT2D eigenvalue weighted by Gasteiger charge is -2.33. The second-order valence-electron chi connectivity index (χ2n) is 7.59. The number of aromatic nitrogens is 4. The first-order chi connectivity index (χ1) is 12.9. The number of anilines is 1. The van der Waals surface area contributed by atoms with E-state index in [-0.39, 0.29) is 17.9 Å². The van der Waals surface area contributed by atoms with Crippen LogP contribution in [0.5, 0.6) is 0 Å². The molecule has 6 heteroatoms. The Labute approximate surface area is 160 Å². The van der Waals surface area contributed by atoms with Crippen LogP contribution in [0.1, 0.15) is 36.7 Å². The molecule has 2 aromatic heterocycles. The zero-order valence-corrected chi connectivity index (χ0v) is 16.3. The van der Waals surface area contributed by atoms with E-state index in [4.69, 9.17) is 0 Å². The van der Waals surface area contributed by atoms with Gasteiger partial charge in [-0.15, -0.1) is 0 Å². The molecular formula is C21H27N5O. The van der Waals surface area contributed by atoms with Crippen LogP contribution in [-0.4, -0.2) is 38.0 Å². The van der Waals surface area contributed by atoms with Gasteiger partial charge in [-0.3, -0.25) is 4.98 Å². The maximum atomic E-state index is 9.88. The molecule has 3 rings (SSSR count). The molecule has 0 fully saturated rings. The molecular weight excluding hydrogens is 338 g/mol. The zero-order valence-electron chi connectivity index (χ0n) is 16.3. The molecule has 27 heavy (non-hydrogen) atoms. The van der Waals surface area contributed by atoms with E-state index in [1.54, 1.807) is 17.1 Å². The van der Waals surface area contributed by atoms with Crippen molar-refractivity contribution in [2.75, 3.05) is 18.5 Å². The number of aliphatic hydroxyl groups is 1. The van der Waals surface area contributed by atoms with Gasteiger partial charge in [-0.05, 0) is 30.9 Å². The molecule has 0 spiro atoms. The molecule has 1 unspecified atom stereocenters. The molecule has 1 atom stereocenters. The summed E-state index contributed by atoms with van der Waals surface area (Å²) in [4.78, 5) is 8.96. The Morgan fingerprint density at radius 2 is 1.89 bits per heavy atom. The molecule has 0 saturated heterocycles. The predicted molar refractivity (Wildman–Crippen MR) is 107 cm³/mol. The first-order valence-electron chi connectivity index (χ1n) is 9.16. The summed E-state index contributed by atoms with van der Waals surface area (Å²) in [6.07, 6.45) is 3.42. The molecule has 2 N–H and O–H groups in total. The van der Waals surface area contributed by atoms with E-state index >= 15 is 0 Å². The number of aliphatic hydroxyl groups excluding tert-OH is 1. The smallest absolute Gasteiger partial charge is 0.174 e. The highest BCUT2D eigenvalue weighted by Gasteiger charge is 2.30. The summed E-state index contributed by atoms with van der Waals surface area (Å²) < 4.78 is 1.79. The second kappa shape index (κ2) is 7.88. The molecule has 0 aliphatic carbocycles. The number of rotatable bonds is 7. The van der Waals surface area contributed by atoms with Crippen LogP contribution in [0.2, 0.25) is 0 Å². The van der Waals surface area contributed by atoms with E-state index < -0.39 is 0 Å². The van der Waals surface area contributed by atoms with E-state index in [0.717, 1.165) is 11.4 Å². The molecule has 0 bridgehead atoms. The topological polar surface area (TPSA) is 75.9 Å². The van der Waals surface area contributed by atoms with Gasteiger partial charge in [-0.2, -0.15) is 5.10 Å². The zero-order chi connectivity index (χ0) is 19.4. The Bertz CT molecular complexity index is 889. The maximum absolute atomic E-state index is 9.88. The third kappa shape index (κ3) is 4.34. The SMILES string of the molecule is Cc1cc(C)n(-c2cncc(NCC(c3ccccc3)C(C)(C)CO)n2)n1. The number of hydrogen-bond donors (Lipinski definition) is 2. The lowest BCUT2D eigenvalue weighted by molar-refractivity contribution is 0.134. The largest absolute Gasteiger partial charge is 0.396 e. The number of hydrogen-bond acceptors (Lipinski definition) is 5. The van der Waals surface area contributed by atoms with Crippen molar-refractivity contribution in [1.82, 2.24) is 19.7 Å². The predicted octanol–water partition coefficient (Wildman–Crippen LogP) is 3.49. The normalized spacial score (nSPS) is 12.8. The Hall–Kier alpha value is -2.73. The summed E-state index contributed by atoms with van der Waals surface area (Å²) in [7, 11) is 0. The molecule has 142 valence electrons. The van der Waals surface area contributed by atoms with Gasteiger partial charge < -0.3 is 10.4 Å². The first-order valence-corrected chi connectivity index (χ1v) is 9.16. The van der Waals surface area contributed by atoms with Gasteiger partial charge in [0, 0.05) is 24.8 Å². The average Bonchev–Trinajstić information content (AvgIpc) is 3.01. The summed E-state index contributed by atoms with van der Waals surface area (Å²) in [5.41, 5.74) is 2.88. The van der Waals surface area contributed by atoms with Crippen LogP contribution < -0.4 is 5.32 Å². The van der Waals surface area contributed by atoms with Crippen molar-refractivity contribution >= 4 is 5.82 Å².